The quantitative estimate of drug-likeness (QED) is 0.278. The number of aliphatic hydroxyl groups is 4. The van der Waals surface area contributed by atoms with Gasteiger partial charge in [-0.1, -0.05) is 18.1 Å². The van der Waals surface area contributed by atoms with Gasteiger partial charge in [0.25, 0.3) is 5.91 Å². The summed E-state index contributed by atoms with van der Waals surface area (Å²) >= 11 is 4.62. The van der Waals surface area contributed by atoms with Crippen molar-refractivity contribution in [3.8, 4) is 11.3 Å². The summed E-state index contributed by atoms with van der Waals surface area (Å²) in [5, 5.41) is 52.5. The van der Waals surface area contributed by atoms with Crippen LogP contribution in [0.3, 0.4) is 0 Å². The lowest BCUT2D eigenvalue weighted by Gasteiger charge is -2.45. The third kappa shape index (κ3) is 6.04. The Morgan fingerprint density at radius 3 is 2.49 bits per heavy atom. The molecule has 7 atom stereocenters. The summed E-state index contributed by atoms with van der Waals surface area (Å²) in [5.74, 6) is -5.22. The smallest absolute Gasteiger partial charge is 0.255 e. The maximum Gasteiger partial charge on any atom is 0.255 e. The molecule has 1 aromatic carbocycles. The topological polar surface area (TPSA) is 154 Å². The van der Waals surface area contributed by atoms with Gasteiger partial charge in [0.05, 0.1) is 37.2 Å². The summed E-state index contributed by atoms with van der Waals surface area (Å²) < 4.78 is 48.4. The number of carbonyl (C=O) groups excluding carboxylic acids is 1. The van der Waals surface area contributed by atoms with E-state index in [9.17, 15) is 38.4 Å². The van der Waals surface area contributed by atoms with Gasteiger partial charge in [-0.15, -0.1) is 16.4 Å². The van der Waals surface area contributed by atoms with Gasteiger partial charge in [0.15, 0.2) is 27.5 Å². The minimum absolute atomic E-state index is 0.0153. The summed E-state index contributed by atoms with van der Waals surface area (Å²) in [6.45, 7) is -0.698. The van der Waals surface area contributed by atoms with Crippen LogP contribution in [0, 0.1) is 17.5 Å². The molecular weight excluding hydrogens is 635 g/mol. The first-order chi connectivity index (χ1) is 19.6. The molecule has 3 heterocycles. The van der Waals surface area contributed by atoms with Gasteiger partial charge in [0.1, 0.15) is 30.0 Å². The second-order valence-electron chi connectivity index (χ2n) is 10.1. The van der Waals surface area contributed by atoms with Gasteiger partial charge < -0.3 is 30.1 Å². The summed E-state index contributed by atoms with van der Waals surface area (Å²) in [5.41, 5.74) is 0.299. The van der Waals surface area contributed by atoms with E-state index in [1.54, 1.807) is 5.38 Å². The number of aromatic nitrogens is 4. The van der Waals surface area contributed by atoms with Crippen LogP contribution in [0.2, 0.25) is 0 Å². The molecule has 222 valence electrons. The zero-order chi connectivity index (χ0) is 29.4. The Morgan fingerprint density at radius 1 is 1.15 bits per heavy atom. The Kier molecular flexibility index (Phi) is 9.08. The van der Waals surface area contributed by atoms with Crippen molar-refractivity contribution in [3.05, 3.63) is 50.8 Å². The Labute approximate surface area is 244 Å². The van der Waals surface area contributed by atoms with Crippen LogP contribution in [-0.4, -0.2) is 94.4 Å². The van der Waals surface area contributed by atoms with E-state index < -0.39 is 72.6 Å². The lowest BCUT2D eigenvalue weighted by molar-refractivity contribution is -0.214. The van der Waals surface area contributed by atoms with Gasteiger partial charge in [-0.2, -0.15) is 0 Å². The number of carbonyl (C=O) groups is 1. The first kappa shape index (κ1) is 30.0. The number of rotatable bonds is 7. The number of hydrogen-bond acceptors (Lipinski definition) is 10. The molecular formula is C25H27BrF3N5O6S. The van der Waals surface area contributed by atoms with E-state index >= 15 is 0 Å². The Balaban J connectivity index is 1.46. The standard InChI is InChI=1S/C25H27BrF3N5O6S/c26-25-30-12(10-41-25)7-33(16-3-1-2-4-17(16)36)24(39)23-22(38)20(21(37)18(9-35)40-23)34-8-15(31-32-34)11-5-13(27)19(29)14(28)6-11/h5-6,8,10,16-18,20-23,35-38H,1-4,7,9H2/t16-,17-,18?,20?,21?,22?,23?/m0/s1. The van der Waals surface area contributed by atoms with Crippen molar-refractivity contribution < 1.29 is 43.1 Å². The minimum atomic E-state index is -1.72. The van der Waals surface area contributed by atoms with Crippen molar-refractivity contribution in [1.29, 1.82) is 0 Å². The predicted octanol–water partition coefficient (Wildman–Crippen LogP) is 1.94. The third-order valence-electron chi connectivity index (χ3n) is 7.46. The van der Waals surface area contributed by atoms with E-state index in [2.05, 4.69) is 31.2 Å². The normalized spacial score (nSPS) is 28.5. The van der Waals surface area contributed by atoms with Crippen LogP contribution >= 0.6 is 27.3 Å². The fourth-order valence-electron chi connectivity index (χ4n) is 5.38. The van der Waals surface area contributed by atoms with Crippen molar-refractivity contribution in [2.24, 2.45) is 0 Å². The van der Waals surface area contributed by atoms with Crippen molar-refractivity contribution in [3.63, 3.8) is 0 Å². The predicted molar refractivity (Wildman–Crippen MR) is 141 cm³/mol. The molecule has 0 bridgehead atoms. The molecule has 1 saturated heterocycles. The molecule has 1 saturated carbocycles. The molecule has 1 aliphatic carbocycles. The number of hydrogen-bond donors (Lipinski definition) is 4. The fraction of sp³-hybridized carbons (Fsp3) is 0.520. The van der Waals surface area contributed by atoms with Gasteiger partial charge in [-0.3, -0.25) is 4.79 Å². The number of benzene rings is 1. The summed E-state index contributed by atoms with van der Waals surface area (Å²) in [6, 6.07) is -0.530. The lowest BCUT2D eigenvalue weighted by Crippen LogP contribution is -2.62. The molecule has 2 aliphatic rings. The molecule has 2 fully saturated rings. The zero-order valence-corrected chi connectivity index (χ0v) is 23.8. The highest BCUT2D eigenvalue weighted by Crippen LogP contribution is 2.34. The lowest BCUT2D eigenvalue weighted by atomic mass is 9.88. The maximum atomic E-state index is 14.0. The SMILES string of the molecule is O=C(C1OC(CO)C(O)C(n2cc(-c3cc(F)c(F)c(F)c3)nn2)C1O)N(Cc1csc(Br)n1)[C@H]1CCCC[C@@H]1O. The molecule has 41 heavy (non-hydrogen) atoms. The molecule has 0 spiro atoms. The van der Waals surface area contributed by atoms with Gasteiger partial charge in [-0.25, -0.2) is 22.8 Å². The van der Waals surface area contributed by atoms with Gasteiger partial charge >= 0.3 is 0 Å². The molecule has 5 unspecified atom stereocenters. The van der Waals surface area contributed by atoms with Gasteiger partial charge in [0, 0.05) is 10.9 Å². The molecule has 0 radical (unpaired) electrons. The maximum absolute atomic E-state index is 14.0. The van der Waals surface area contributed by atoms with Crippen LogP contribution in [0.25, 0.3) is 11.3 Å². The highest BCUT2D eigenvalue weighted by Gasteiger charge is 2.50. The van der Waals surface area contributed by atoms with Crippen LogP contribution in [0.4, 0.5) is 13.2 Å². The molecule has 1 aliphatic heterocycles. The second kappa shape index (κ2) is 12.4. The van der Waals surface area contributed by atoms with E-state index in [1.807, 2.05) is 0 Å². The van der Waals surface area contributed by atoms with Crippen molar-refractivity contribution in [1.82, 2.24) is 24.9 Å². The molecule has 3 aromatic rings. The number of aliphatic hydroxyl groups excluding tert-OH is 4. The molecule has 11 nitrogen and oxygen atoms in total. The van der Waals surface area contributed by atoms with Crippen molar-refractivity contribution in [2.75, 3.05) is 6.61 Å². The fourth-order valence-corrected chi connectivity index (χ4v) is 6.42. The van der Waals surface area contributed by atoms with Crippen molar-refractivity contribution in [2.45, 2.75) is 74.8 Å². The minimum Gasteiger partial charge on any atom is -0.394 e. The van der Waals surface area contributed by atoms with E-state index in [0.717, 1.165) is 29.7 Å². The summed E-state index contributed by atoms with van der Waals surface area (Å²) in [4.78, 5) is 19.8. The van der Waals surface area contributed by atoms with E-state index in [-0.39, 0.29) is 17.8 Å². The van der Waals surface area contributed by atoms with Crippen LogP contribution in [0.5, 0.6) is 0 Å². The molecule has 5 rings (SSSR count). The number of amides is 1. The monoisotopic (exact) mass is 661 g/mol. The highest BCUT2D eigenvalue weighted by atomic mass is 79.9. The zero-order valence-electron chi connectivity index (χ0n) is 21.4. The number of thiazole rings is 1. The Morgan fingerprint density at radius 2 is 1.85 bits per heavy atom. The van der Waals surface area contributed by atoms with E-state index in [4.69, 9.17) is 4.74 Å². The highest BCUT2D eigenvalue weighted by molar-refractivity contribution is 9.11. The van der Waals surface area contributed by atoms with Crippen LogP contribution in [0.1, 0.15) is 37.4 Å². The number of halogens is 4. The first-order valence-corrected chi connectivity index (χ1v) is 14.5. The average Bonchev–Trinajstić information content (AvgIpc) is 3.60. The molecule has 1 amide bonds. The van der Waals surface area contributed by atoms with Crippen LogP contribution in [-0.2, 0) is 16.1 Å². The van der Waals surface area contributed by atoms with E-state index in [0.29, 0.717) is 22.5 Å². The van der Waals surface area contributed by atoms with Crippen LogP contribution in [0.15, 0.2) is 27.6 Å². The van der Waals surface area contributed by atoms with E-state index in [1.165, 1.54) is 22.4 Å². The largest absolute Gasteiger partial charge is 0.394 e. The summed E-state index contributed by atoms with van der Waals surface area (Å²) in [6.07, 6.45) is -3.30. The summed E-state index contributed by atoms with van der Waals surface area (Å²) in [7, 11) is 0. The Hall–Kier alpha value is -2.47. The van der Waals surface area contributed by atoms with Gasteiger partial charge in [-0.05, 0) is 40.9 Å². The number of nitrogens with zero attached hydrogens (tertiary/aromatic N) is 5. The van der Waals surface area contributed by atoms with Crippen LogP contribution < -0.4 is 0 Å². The molecule has 16 heteroatoms. The molecule has 4 N–H and O–H groups in total. The molecule has 2 aromatic heterocycles. The third-order valence-corrected chi connectivity index (χ3v) is 8.88. The average molecular weight is 662 g/mol. The first-order valence-electron chi connectivity index (χ1n) is 12.9. The van der Waals surface area contributed by atoms with Crippen molar-refractivity contribution >= 4 is 33.2 Å². The second-order valence-corrected chi connectivity index (χ2v) is 12.2. The Bertz CT molecular complexity index is 1370. The van der Waals surface area contributed by atoms with Gasteiger partial charge in [0.2, 0.25) is 0 Å². The number of ether oxygens (including phenoxy) is 1.